The average molecular weight is 373 g/mol. The summed E-state index contributed by atoms with van der Waals surface area (Å²) in [6, 6.07) is 8.81. The van der Waals surface area contributed by atoms with E-state index in [0.717, 1.165) is 25.7 Å². The Hall–Kier alpha value is -1.31. The van der Waals surface area contributed by atoms with Gasteiger partial charge in [-0.25, -0.2) is 0 Å². The largest absolute Gasteiger partial charge is 0.457 e. The zero-order chi connectivity index (χ0) is 19.3. The Labute approximate surface area is 167 Å². The minimum Gasteiger partial charge on any atom is -0.457 e. The lowest BCUT2D eigenvalue weighted by molar-refractivity contribution is -0.144. The highest BCUT2D eigenvalue weighted by Crippen LogP contribution is 2.36. The highest BCUT2D eigenvalue weighted by atomic mass is 16.5. The van der Waals surface area contributed by atoms with Gasteiger partial charge in [-0.15, -0.1) is 0 Å². The lowest BCUT2D eigenvalue weighted by atomic mass is 9.94. The Morgan fingerprint density at radius 2 is 1.41 bits per heavy atom. The molecule has 1 aromatic carbocycles. The quantitative estimate of drug-likeness (QED) is 0.249. The number of carbonyl (C=O) groups excluding carboxylic acids is 1. The summed E-state index contributed by atoms with van der Waals surface area (Å²) in [6.07, 6.45) is 17.3. The summed E-state index contributed by atoms with van der Waals surface area (Å²) in [6.45, 7) is 4.50. The Kier molecular flexibility index (Phi) is 10.6. The first kappa shape index (κ1) is 22.0. The fourth-order valence-corrected chi connectivity index (χ4v) is 4.08. The molecule has 2 unspecified atom stereocenters. The van der Waals surface area contributed by atoms with Gasteiger partial charge in [0.25, 0.3) is 0 Å². The maximum Gasteiger partial charge on any atom is 0.309 e. The molecule has 0 spiro atoms. The Bertz CT molecular complexity index is 520. The summed E-state index contributed by atoms with van der Waals surface area (Å²) in [5.74, 6) is 0.131. The molecule has 2 nitrogen and oxygen atoms in total. The lowest BCUT2D eigenvalue weighted by Gasteiger charge is -2.10. The molecule has 27 heavy (non-hydrogen) atoms. The highest BCUT2D eigenvalue weighted by molar-refractivity contribution is 5.74. The topological polar surface area (TPSA) is 26.3 Å². The van der Waals surface area contributed by atoms with Crippen LogP contribution >= 0.6 is 0 Å². The predicted molar refractivity (Wildman–Crippen MR) is 114 cm³/mol. The molecule has 0 saturated carbocycles. The summed E-state index contributed by atoms with van der Waals surface area (Å²) in [4.78, 5) is 12.2. The minimum atomic E-state index is -0.0266. The summed E-state index contributed by atoms with van der Waals surface area (Å²) in [5.41, 5.74) is 2.58. The van der Waals surface area contributed by atoms with Gasteiger partial charge in [0.05, 0.1) is 5.92 Å². The molecule has 2 heteroatoms. The molecule has 1 aliphatic rings. The number of benzene rings is 1. The second-order valence-corrected chi connectivity index (χ2v) is 8.32. The molecule has 1 saturated heterocycles. The van der Waals surface area contributed by atoms with Gasteiger partial charge < -0.3 is 4.74 Å². The van der Waals surface area contributed by atoms with Crippen LogP contribution in [0.15, 0.2) is 24.3 Å². The number of esters is 1. The van der Waals surface area contributed by atoms with Crippen LogP contribution in [0.1, 0.15) is 115 Å². The molecule has 2 atom stereocenters. The van der Waals surface area contributed by atoms with E-state index >= 15 is 0 Å². The molecule has 0 aromatic heterocycles. The van der Waals surface area contributed by atoms with Gasteiger partial charge in [0.2, 0.25) is 0 Å². The van der Waals surface area contributed by atoms with Crippen molar-refractivity contribution in [1.29, 1.82) is 0 Å². The number of rotatable bonds is 14. The number of hydrogen-bond acceptors (Lipinski definition) is 2. The van der Waals surface area contributed by atoms with Gasteiger partial charge in [-0.3, -0.25) is 4.79 Å². The van der Waals surface area contributed by atoms with Crippen molar-refractivity contribution in [3.05, 3.63) is 35.4 Å². The van der Waals surface area contributed by atoms with E-state index in [0.29, 0.717) is 0 Å². The summed E-state index contributed by atoms with van der Waals surface area (Å²) >= 11 is 0. The first-order valence-electron chi connectivity index (χ1n) is 11.5. The zero-order valence-electron chi connectivity index (χ0n) is 17.7. The first-order valence-corrected chi connectivity index (χ1v) is 11.5. The second-order valence-electron chi connectivity index (χ2n) is 8.32. The van der Waals surface area contributed by atoms with Gasteiger partial charge in [0.1, 0.15) is 6.10 Å². The van der Waals surface area contributed by atoms with E-state index < -0.39 is 0 Å². The van der Waals surface area contributed by atoms with Crippen LogP contribution in [0.25, 0.3) is 0 Å². The third kappa shape index (κ3) is 8.07. The Morgan fingerprint density at radius 1 is 0.815 bits per heavy atom. The van der Waals surface area contributed by atoms with Crippen molar-refractivity contribution in [1.82, 2.24) is 0 Å². The second kappa shape index (κ2) is 13.0. The number of hydrogen-bond donors (Lipinski definition) is 0. The third-order valence-corrected chi connectivity index (χ3v) is 5.92. The van der Waals surface area contributed by atoms with E-state index in [1.807, 2.05) is 0 Å². The van der Waals surface area contributed by atoms with Crippen molar-refractivity contribution in [2.75, 3.05) is 0 Å². The molecular formula is C25H40O2. The van der Waals surface area contributed by atoms with Gasteiger partial charge in [-0.05, 0) is 30.4 Å². The van der Waals surface area contributed by atoms with Crippen LogP contribution in [0.2, 0.25) is 0 Å². The van der Waals surface area contributed by atoms with Crippen molar-refractivity contribution in [2.24, 2.45) is 5.92 Å². The van der Waals surface area contributed by atoms with Crippen molar-refractivity contribution < 1.29 is 9.53 Å². The first-order chi connectivity index (χ1) is 13.2. The van der Waals surface area contributed by atoms with Crippen LogP contribution in [0.4, 0.5) is 0 Å². The fourth-order valence-electron chi connectivity index (χ4n) is 4.08. The standard InChI is InChI=1S/C25H40O2/c1-3-5-7-9-11-12-14-21-16-18-22(19-17-21)24-20-23(25(26)27-24)15-13-10-8-6-4-2/h16-19,23-24H,3-15,20H2,1-2H3. The summed E-state index contributed by atoms with van der Waals surface area (Å²) in [7, 11) is 0. The monoisotopic (exact) mass is 372 g/mol. The van der Waals surface area contributed by atoms with E-state index in [1.54, 1.807) is 0 Å². The van der Waals surface area contributed by atoms with Gasteiger partial charge in [-0.2, -0.15) is 0 Å². The van der Waals surface area contributed by atoms with Crippen LogP contribution in [0.3, 0.4) is 0 Å². The molecule has 2 rings (SSSR count). The molecular weight excluding hydrogens is 332 g/mol. The van der Waals surface area contributed by atoms with Gasteiger partial charge in [0, 0.05) is 6.42 Å². The lowest BCUT2D eigenvalue weighted by Crippen LogP contribution is -2.06. The number of carbonyl (C=O) groups is 1. The maximum absolute atomic E-state index is 12.2. The van der Waals surface area contributed by atoms with Gasteiger partial charge >= 0.3 is 5.97 Å². The van der Waals surface area contributed by atoms with Crippen molar-refractivity contribution in [2.45, 2.75) is 110 Å². The van der Waals surface area contributed by atoms with E-state index in [9.17, 15) is 4.79 Å². The van der Waals surface area contributed by atoms with E-state index in [1.165, 1.54) is 75.3 Å². The number of aryl methyl sites for hydroxylation is 1. The third-order valence-electron chi connectivity index (χ3n) is 5.92. The number of unbranched alkanes of at least 4 members (excludes halogenated alkanes) is 9. The van der Waals surface area contributed by atoms with Crippen LogP contribution in [0.5, 0.6) is 0 Å². The maximum atomic E-state index is 12.2. The number of cyclic esters (lactones) is 1. The molecule has 152 valence electrons. The Morgan fingerprint density at radius 3 is 2.07 bits per heavy atom. The fraction of sp³-hybridized carbons (Fsp3) is 0.720. The molecule has 0 aliphatic carbocycles. The summed E-state index contributed by atoms with van der Waals surface area (Å²) < 4.78 is 5.68. The van der Waals surface area contributed by atoms with Crippen molar-refractivity contribution in [3.63, 3.8) is 0 Å². The molecule has 0 bridgehead atoms. The smallest absolute Gasteiger partial charge is 0.309 e. The van der Waals surface area contributed by atoms with Crippen LogP contribution in [-0.4, -0.2) is 5.97 Å². The molecule has 0 amide bonds. The molecule has 0 radical (unpaired) electrons. The summed E-state index contributed by atoms with van der Waals surface area (Å²) in [5, 5.41) is 0. The molecule has 0 N–H and O–H groups in total. The van der Waals surface area contributed by atoms with Crippen LogP contribution in [-0.2, 0) is 16.0 Å². The number of ether oxygens (including phenoxy) is 1. The normalized spacial score (nSPS) is 19.4. The highest BCUT2D eigenvalue weighted by Gasteiger charge is 2.34. The molecule has 1 heterocycles. The van der Waals surface area contributed by atoms with E-state index in [2.05, 4.69) is 38.1 Å². The minimum absolute atomic E-state index is 0.0200. The molecule has 1 fully saturated rings. The van der Waals surface area contributed by atoms with Crippen molar-refractivity contribution >= 4 is 5.97 Å². The molecule has 1 aromatic rings. The average Bonchev–Trinajstić information content (AvgIpc) is 3.05. The van der Waals surface area contributed by atoms with Crippen LogP contribution in [0, 0.1) is 5.92 Å². The van der Waals surface area contributed by atoms with Crippen molar-refractivity contribution in [3.8, 4) is 0 Å². The Balaban J connectivity index is 1.69. The van der Waals surface area contributed by atoms with E-state index in [4.69, 9.17) is 4.74 Å². The van der Waals surface area contributed by atoms with Gasteiger partial charge in [-0.1, -0.05) is 102 Å². The van der Waals surface area contributed by atoms with Gasteiger partial charge in [0.15, 0.2) is 0 Å². The molecule has 1 aliphatic heterocycles. The predicted octanol–water partition coefficient (Wildman–Crippen LogP) is 7.55. The van der Waals surface area contributed by atoms with E-state index in [-0.39, 0.29) is 18.0 Å². The SMILES string of the molecule is CCCCCCCCc1ccc(C2CC(CCCCCCC)C(=O)O2)cc1. The van der Waals surface area contributed by atoms with Crippen LogP contribution < -0.4 is 0 Å². The zero-order valence-corrected chi connectivity index (χ0v) is 17.7.